The van der Waals surface area contributed by atoms with Gasteiger partial charge in [0.15, 0.2) is 0 Å². The molecule has 1 aliphatic heterocycles. The summed E-state index contributed by atoms with van der Waals surface area (Å²) in [7, 11) is 0. The molecular weight excluding hydrogens is 234 g/mol. The van der Waals surface area contributed by atoms with Crippen molar-refractivity contribution in [2.45, 2.75) is 25.8 Å². The summed E-state index contributed by atoms with van der Waals surface area (Å²) >= 11 is 0. The van der Waals surface area contributed by atoms with E-state index >= 15 is 0 Å². The van der Waals surface area contributed by atoms with Crippen LogP contribution >= 0.6 is 0 Å². The fourth-order valence-corrected chi connectivity index (χ4v) is 2.82. The van der Waals surface area contributed by atoms with Gasteiger partial charge in [0.1, 0.15) is 5.82 Å². The number of pyridine rings is 1. The molecule has 1 aliphatic rings. The molecule has 1 N–H and O–H groups in total. The van der Waals surface area contributed by atoms with E-state index in [0.29, 0.717) is 6.04 Å². The van der Waals surface area contributed by atoms with Crippen molar-refractivity contribution in [2.24, 2.45) is 0 Å². The number of nitrogens with one attached hydrogen (secondary N) is 1. The van der Waals surface area contributed by atoms with Crippen molar-refractivity contribution < 1.29 is 0 Å². The number of anilines is 1. The van der Waals surface area contributed by atoms with Crippen LogP contribution in [0, 0.1) is 0 Å². The van der Waals surface area contributed by atoms with E-state index < -0.39 is 0 Å². The van der Waals surface area contributed by atoms with Crippen molar-refractivity contribution in [3.63, 3.8) is 0 Å². The lowest BCUT2D eigenvalue weighted by molar-refractivity contribution is 0.226. The maximum atomic E-state index is 4.69. The zero-order valence-electron chi connectivity index (χ0n) is 11.5. The van der Waals surface area contributed by atoms with Crippen LogP contribution in [0.4, 0.5) is 5.82 Å². The van der Waals surface area contributed by atoms with E-state index in [4.69, 9.17) is 4.98 Å². The Kier molecular flexibility index (Phi) is 3.65. The minimum atomic E-state index is 0.530. The third-order valence-corrected chi connectivity index (χ3v) is 3.90. The SMILES string of the molecule is CCN1CCC[C@@H](Nc2ccc3ccccc3n2)C1. The van der Waals surface area contributed by atoms with E-state index in [9.17, 15) is 0 Å². The van der Waals surface area contributed by atoms with Crippen LogP contribution in [-0.2, 0) is 0 Å². The number of hydrogen-bond acceptors (Lipinski definition) is 3. The number of likely N-dealkylation sites (tertiary alicyclic amines) is 1. The molecule has 1 atom stereocenters. The van der Waals surface area contributed by atoms with E-state index in [1.165, 1.54) is 24.8 Å². The molecule has 3 heteroatoms. The molecule has 19 heavy (non-hydrogen) atoms. The number of nitrogens with zero attached hydrogens (tertiary/aromatic N) is 2. The Morgan fingerprint density at radius 3 is 3.05 bits per heavy atom. The number of likely N-dealkylation sites (N-methyl/N-ethyl adjacent to an activating group) is 1. The normalized spacial score (nSPS) is 20.6. The maximum Gasteiger partial charge on any atom is 0.126 e. The summed E-state index contributed by atoms with van der Waals surface area (Å²) in [5.74, 6) is 1.00. The van der Waals surface area contributed by atoms with Gasteiger partial charge in [-0.3, -0.25) is 0 Å². The second-order valence-electron chi connectivity index (χ2n) is 5.27. The minimum Gasteiger partial charge on any atom is -0.366 e. The van der Waals surface area contributed by atoms with Gasteiger partial charge in [0.05, 0.1) is 5.52 Å². The highest BCUT2D eigenvalue weighted by Gasteiger charge is 2.18. The summed E-state index contributed by atoms with van der Waals surface area (Å²) in [6.07, 6.45) is 2.52. The fourth-order valence-electron chi connectivity index (χ4n) is 2.82. The predicted molar refractivity (Wildman–Crippen MR) is 80.5 cm³/mol. The van der Waals surface area contributed by atoms with Gasteiger partial charge in [0.2, 0.25) is 0 Å². The van der Waals surface area contributed by atoms with Crippen molar-refractivity contribution in [2.75, 3.05) is 25.0 Å². The molecule has 1 aromatic carbocycles. The Labute approximate surface area is 114 Å². The van der Waals surface area contributed by atoms with Gasteiger partial charge in [0.25, 0.3) is 0 Å². The van der Waals surface area contributed by atoms with Crippen LogP contribution in [0.25, 0.3) is 10.9 Å². The summed E-state index contributed by atoms with van der Waals surface area (Å²) in [5, 5.41) is 4.79. The van der Waals surface area contributed by atoms with Gasteiger partial charge < -0.3 is 10.2 Å². The van der Waals surface area contributed by atoms with Gasteiger partial charge in [-0.05, 0) is 44.1 Å². The third kappa shape index (κ3) is 2.87. The zero-order chi connectivity index (χ0) is 13.1. The number of aromatic nitrogens is 1. The van der Waals surface area contributed by atoms with Crippen LogP contribution in [0.3, 0.4) is 0 Å². The molecular formula is C16H21N3. The van der Waals surface area contributed by atoms with Gasteiger partial charge in [-0.25, -0.2) is 4.98 Å². The van der Waals surface area contributed by atoms with Crippen LogP contribution in [-0.4, -0.2) is 35.6 Å². The van der Waals surface area contributed by atoms with Crippen molar-refractivity contribution in [3.05, 3.63) is 36.4 Å². The quantitative estimate of drug-likeness (QED) is 0.913. The van der Waals surface area contributed by atoms with Crippen LogP contribution in [0.15, 0.2) is 36.4 Å². The largest absolute Gasteiger partial charge is 0.366 e. The molecule has 0 spiro atoms. The van der Waals surface area contributed by atoms with Gasteiger partial charge in [0, 0.05) is 18.0 Å². The Bertz CT molecular complexity index is 552. The Morgan fingerprint density at radius 1 is 1.26 bits per heavy atom. The number of piperidine rings is 1. The molecule has 3 rings (SSSR count). The van der Waals surface area contributed by atoms with E-state index in [2.05, 4.69) is 47.5 Å². The number of para-hydroxylation sites is 1. The smallest absolute Gasteiger partial charge is 0.126 e. The highest BCUT2D eigenvalue weighted by atomic mass is 15.2. The lowest BCUT2D eigenvalue weighted by atomic mass is 10.1. The van der Waals surface area contributed by atoms with E-state index in [-0.39, 0.29) is 0 Å². The van der Waals surface area contributed by atoms with Gasteiger partial charge in [-0.15, -0.1) is 0 Å². The average Bonchev–Trinajstić information content (AvgIpc) is 2.47. The van der Waals surface area contributed by atoms with Gasteiger partial charge in [-0.2, -0.15) is 0 Å². The van der Waals surface area contributed by atoms with E-state index in [1.807, 2.05) is 6.07 Å². The molecule has 0 aliphatic carbocycles. The van der Waals surface area contributed by atoms with Crippen LogP contribution in [0.1, 0.15) is 19.8 Å². The number of benzene rings is 1. The lowest BCUT2D eigenvalue weighted by Crippen LogP contribution is -2.41. The predicted octanol–water partition coefficient (Wildman–Crippen LogP) is 3.13. The molecule has 0 amide bonds. The summed E-state index contributed by atoms with van der Waals surface area (Å²) in [6, 6.07) is 13.0. The fraction of sp³-hybridized carbons (Fsp3) is 0.438. The Hall–Kier alpha value is -1.61. The molecule has 0 unspecified atom stereocenters. The van der Waals surface area contributed by atoms with Gasteiger partial charge >= 0.3 is 0 Å². The zero-order valence-corrected chi connectivity index (χ0v) is 11.5. The topological polar surface area (TPSA) is 28.2 Å². The first-order valence-corrected chi connectivity index (χ1v) is 7.20. The monoisotopic (exact) mass is 255 g/mol. The first kappa shape index (κ1) is 12.4. The van der Waals surface area contributed by atoms with Crippen molar-refractivity contribution in [1.82, 2.24) is 9.88 Å². The standard InChI is InChI=1S/C16H21N3/c1-2-19-11-5-7-14(12-19)17-16-10-9-13-6-3-4-8-15(13)18-16/h3-4,6,8-10,14H,2,5,7,11-12H2,1H3,(H,17,18)/t14-/m1/s1. The molecule has 0 radical (unpaired) electrons. The molecule has 2 heterocycles. The number of rotatable bonds is 3. The van der Waals surface area contributed by atoms with Crippen molar-refractivity contribution in [1.29, 1.82) is 0 Å². The average molecular weight is 255 g/mol. The highest BCUT2D eigenvalue weighted by Crippen LogP contribution is 2.18. The molecule has 1 aromatic heterocycles. The lowest BCUT2D eigenvalue weighted by Gasteiger charge is -2.32. The summed E-state index contributed by atoms with van der Waals surface area (Å²) in [5.41, 5.74) is 1.07. The van der Waals surface area contributed by atoms with E-state index in [1.54, 1.807) is 0 Å². The molecule has 0 saturated carbocycles. The van der Waals surface area contributed by atoms with Gasteiger partial charge in [-0.1, -0.05) is 25.1 Å². The van der Waals surface area contributed by atoms with Crippen molar-refractivity contribution in [3.8, 4) is 0 Å². The van der Waals surface area contributed by atoms with Crippen LogP contribution in [0.5, 0.6) is 0 Å². The molecule has 3 nitrogen and oxygen atoms in total. The molecule has 1 saturated heterocycles. The second kappa shape index (κ2) is 5.57. The second-order valence-corrected chi connectivity index (χ2v) is 5.27. The first-order chi connectivity index (χ1) is 9.35. The van der Waals surface area contributed by atoms with Crippen molar-refractivity contribution >= 4 is 16.7 Å². The molecule has 2 aromatic rings. The summed E-state index contributed by atoms with van der Waals surface area (Å²) < 4.78 is 0. The highest BCUT2D eigenvalue weighted by molar-refractivity contribution is 5.80. The summed E-state index contributed by atoms with van der Waals surface area (Å²) in [6.45, 7) is 5.74. The third-order valence-electron chi connectivity index (χ3n) is 3.90. The number of fused-ring (bicyclic) bond motifs is 1. The minimum absolute atomic E-state index is 0.530. The number of hydrogen-bond donors (Lipinski definition) is 1. The maximum absolute atomic E-state index is 4.69. The molecule has 100 valence electrons. The van der Waals surface area contributed by atoms with Crippen LogP contribution in [0.2, 0.25) is 0 Å². The molecule has 1 fully saturated rings. The van der Waals surface area contributed by atoms with Crippen LogP contribution < -0.4 is 5.32 Å². The summed E-state index contributed by atoms with van der Waals surface area (Å²) in [4.78, 5) is 7.19. The first-order valence-electron chi connectivity index (χ1n) is 7.20. The Balaban J connectivity index is 1.74. The van der Waals surface area contributed by atoms with E-state index in [0.717, 1.165) is 24.4 Å². The molecule has 0 bridgehead atoms. The Morgan fingerprint density at radius 2 is 2.16 bits per heavy atom.